The molecule has 2 heterocycles. The summed E-state index contributed by atoms with van der Waals surface area (Å²) in [6.45, 7) is 6.61. The minimum absolute atomic E-state index is 0.343. The molecule has 0 spiro atoms. The van der Waals surface area contributed by atoms with E-state index in [-0.39, 0.29) is 5.97 Å². The maximum Gasteiger partial charge on any atom is 0.338 e. The maximum absolute atomic E-state index is 13.2. The van der Waals surface area contributed by atoms with Crippen molar-refractivity contribution < 1.29 is 19.0 Å². The average molecular weight is 574 g/mol. The van der Waals surface area contributed by atoms with Crippen molar-refractivity contribution in [2.45, 2.75) is 45.0 Å². The predicted octanol–water partition coefficient (Wildman–Crippen LogP) is 5.98. The summed E-state index contributed by atoms with van der Waals surface area (Å²) in [5.74, 6) is 2.20. The van der Waals surface area contributed by atoms with E-state index in [9.17, 15) is 4.79 Å². The first-order valence-electron chi connectivity index (χ1n) is 11.7. The van der Waals surface area contributed by atoms with Crippen LogP contribution in [0.1, 0.15) is 44.4 Å². The number of allylic oxidation sites excluding steroid dienone is 1. The Kier molecular flexibility index (Phi) is 8.58. The molecule has 1 unspecified atom stereocenters. The molecule has 0 fully saturated rings. The van der Waals surface area contributed by atoms with E-state index < -0.39 is 6.04 Å². The van der Waals surface area contributed by atoms with E-state index in [1.54, 1.807) is 23.6 Å². The molecular weight excluding hydrogens is 544 g/mol. The Morgan fingerprint density at radius 2 is 1.94 bits per heavy atom. The molecule has 0 saturated heterocycles. The number of halogens is 1. The molecule has 1 N–H and O–H groups in total. The maximum atomic E-state index is 13.2. The van der Waals surface area contributed by atoms with E-state index in [1.807, 2.05) is 63.2 Å². The summed E-state index contributed by atoms with van der Waals surface area (Å²) >= 11 is 4.99. The van der Waals surface area contributed by atoms with Crippen LogP contribution in [0, 0.1) is 0 Å². The van der Waals surface area contributed by atoms with Crippen LogP contribution in [0.4, 0.5) is 5.95 Å². The number of carbonyl (C=O) groups excluding carboxylic acids is 1. The number of ether oxygens (including phenoxy) is 3. The number of fused-ring (bicyclic) bond motifs is 1. The van der Waals surface area contributed by atoms with Crippen LogP contribution in [0.25, 0.3) is 0 Å². The SMILES string of the molecule is CCCOC(=O)C1=C(C)Nc2nc(SCC)nn2C1c1ccc(OCc2ccc(Br)cc2)c(OC)c1. The van der Waals surface area contributed by atoms with E-state index in [4.69, 9.17) is 19.3 Å². The first-order valence-corrected chi connectivity index (χ1v) is 13.5. The Morgan fingerprint density at radius 1 is 1.17 bits per heavy atom. The van der Waals surface area contributed by atoms with Gasteiger partial charge in [-0.05, 0) is 54.5 Å². The first kappa shape index (κ1) is 26.1. The number of rotatable bonds is 10. The molecule has 8 nitrogen and oxygen atoms in total. The van der Waals surface area contributed by atoms with Crippen LogP contribution in [0.2, 0.25) is 0 Å². The summed E-state index contributed by atoms with van der Waals surface area (Å²) in [6.07, 6.45) is 0.736. The summed E-state index contributed by atoms with van der Waals surface area (Å²) < 4.78 is 20.0. The van der Waals surface area contributed by atoms with Crippen LogP contribution in [-0.2, 0) is 16.1 Å². The van der Waals surface area contributed by atoms with Gasteiger partial charge < -0.3 is 19.5 Å². The van der Waals surface area contributed by atoms with Crippen LogP contribution >= 0.6 is 27.7 Å². The Balaban J connectivity index is 1.70. The molecule has 0 aliphatic carbocycles. The van der Waals surface area contributed by atoms with Crippen LogP contribution in [-0.4, -0.2) is 40.2 Å². The molecule has 4 rings (SSSR count). The third-order valence-electron chi connectivity index (χ3n) is 5.57. The topological polar surface area (TPSA) is 87.5 Å². The van der Waals surface area contributed by atoms with Gasteiger partial charge in [-0.3, -0.25) is 0 Å². The quantitative estimate of drug-likeness (QED) is 0.234. The van der Waals surface area contributed by atoms with Crippen LogP contribution in [0.3, 0.4) is 0 Å². The van der Waals surface area contributed by atoms with Gasteiger partial charge in [0.15, 0.2) is 11.5 Å². The minimum atomic E-state index is -0.529. The second-order valence-electron chi connectivity index (χ2n) is 8.12. The van der Waals surface area contributed by atoms with Crippen molar-refractivity contribution >= 4 is 39.6 Å². The number of hydrogen-bond donors (Lipinski definition) is 1. The highest BCUT2D eigenvalue weighted by atomic mass is 79.9. The Bertz CT molecular complexity index is 1260. The van der Waals surface area contributed by atoms with Gasteiger partial charge in [-0.2, -0.15) is 4.98 Å². The summed E-state index contributed by atoms with van der Waals surface area (Å²) in [4.78, 5) is 17.8. The largest absolute Gasteiger partial charge is 0.493 e. The summed E-state index contributed by atoms with van der Waals surface area (Å²) in [7, 11) is 1.60. The number of methoxy groups -OCH3 is 1. The second-order valence-corrected chi connectivity index (χ2v) is 10.3. The van der Waals surface area contributed by atoms with E-state index >= 15 is 0 Å². The number of thioether (sulfide) groups is 1. The lowest BCUT2D eigenvalue weighted by molar-refractivity contribution is -0.139. The lowest BCUT2D eigenvalue weighted by atomic mass is 9.95. The summed E-state index contributed by atoms with van der Waals surface area (Å²) in [6, 6.07) is 13.1. The number of hydrogen-bond acceptors (Lipinski definition) is 8. The normalized spacial score (nSPS) is 14.8. The second kappa shape index (κ2) is 11.8. The van der Waals surface area contributed by atoms with E-state index in [2.05, 4.69) is 26.2 Å². The van der Waals surface area contributed by atoms with Gasteiger partial charge in [-0.15, -0.1) is 5.10 Å². The van der Waals surface area contributed by atoms with Gasteiger partial charge in [0.05, 0.1) is 19.3 Å². The number of aromatic nitrogens is 3. The zero-order chi connectivity index (χ0) is 25.7. The Hall–Kier alpha value is -2.98. The van der Waals surface area contributed by atoms with Crippen LogP contribution in [0.15, 0.2) is 63.4 Å². The Morgan fingerprint density at radius 3 is 2.64 bits per heavy atom. The number of esters is 1. The zero-order valence-corrected chi connectivity index (χ0v) is 23.1. The van der Waals surface area contributed by atoms with Gasteiger partial charge in [0.2, 0.25) is 11.1 Å². The smallest absolute Gasteiger partial charge is 0.338 e. The molecule has 3 aromatic rings. The molecule has 36 heavy (non-hydrogen) atoms. The molecule has 1 aliphatic rings. The van der Waals surface area contributed by atoms with Crippen LogP contribution in [0.5, 0.6) is 11.5 Å². The highest BCUT2D eigenvalue weighted by molar-refractivity contribution is 9.10. The summed E-state index contributed by atoms with van der Waals surface area (Å²) in [5, 5.41) is 8.56. The highest BCUT2D eigenvalue weighted by Crippen LogP contribution is 2.40. The molecule has 1 atom stereocenters. The number of anilines is 1. The summed E-state index contributed by atoms with van der Waals surface area (Å²) in [5.41, 5.74) is 3.02. The molecular formula is C26H29BrN4O4S. The molecule has 10 heteroatoms. The molecule has 190 valence electrons. The third kappa shape index (κ3) is 5.70. The number of nitrogens with one attached hydrogen (secondary N) is 1. The molecule has 2 aromatic carbocycles. The standard InChI is InChI=1S/C26H29BrN4O4S/c1-5-13-34-24(32)22-16(3)28-25-29-26(36-6-2)30-31(25)23(22)18-9-12-20(21(14-18)33-4)35-15-17-7-10-19(27)11-8-17/h7-12,14,23H,5-6,13,15H2,1-4H3,(H,28,29,30). The fourth-order valence-electron chi connectivity index (χ4n) is 3.88. The van der Waals surface area contributed by atoms with E-state index in [1.165, 1.54) is 0 Å². The predicted molar refractivity (Wildman–Crippen MR) is 144 cm³/mol. The van der Waals surface area contributed by atoms with Crippen molar-refractivity contribution in [3.8, 4) is 11.5 Å². The fourth-order valence-corrected chi connectivity index (χ4v) is 4.70. The molecule has 0 amide bonds. The molecule has 0 bridgehead atoms. The lowest BCUT2D eigenvalue weighted by Gasteiger charge is -2.28. The molecule has 1 aliphatic heterocycles. The van der Waals surface area contributed by atoms with E-state index in [0.29, 0.717) is 47.1 Å². The van der Waals surface area contributed by atoms with Gasteiger partial charge >= 0.3 is 5.97 Å². The van der Waals surface area contributed by atoms with Gasteiger partial charge in [0, 0.05) is 10.2 Å². The number of nitrogens with zero attached hydrogens (tertiary/aromatic N) is 3. The average Bonchev–Trinajstić information content (AvgIpc) is 3.28. The van der Waals surface area contributed by atoms with Crippen molar-refractivity contribution in [2.75, 3.05) is 24.8 Å². The lowest BCUT2D eigenvalue weighted by Crippen LogP contribution is -2.29. The number of benzene rings is 2. The van der Waals surface area contributed by atoms with Crippen molar-refractivity contribution in [3.63, 3.8) is 0 Å². The van der Waals surface area contributed by atoms with Crippen molar-refractivity contribution in [3.05, 3.63) is 69.3 Å². The molecule has 0 radical (unpaired) electrons. The highest BCUT2D eigenvalue weighted by Gasteiger charge is 2.35. The number of carbonyl (C=O) groups is 1. The van der Waals surface area contributed by atoms with Crippen molar-refractivity contribution in [1.29, 1.82) is 0 Å². The Labute approximate surface area is 223 Å². The monoisotopic (exact) mass is 572 g/mol. The van der Waals surface area contributed by atoms with Crippen molar-refractivity contribution in [2.24, 2.45) is 0 Å². The van der Waals surface area contributed by atoms with Gasteiger partial charge in [0.1, 0.15) is 12.6 Å². The van der Waals surface area contributed by atoms with Gasteiger partial charge in [-0.25, -0.2) is 9.48 Å². The van der Waals surface area contributed by atoms with Crippen LogP contribution < -0.4 is 14.8 Å². The van der Waals surface area contributed by atoms with Gasteiger partial charge in [0.25, 0.3) is 0 Å². The zero-order valence-electron chi connectivity index (χ0n) is 20.7. The minimum Gasteiger partial charge on any atom is -0.493 e. The first-order chi connectivity index (χ1) is 17.4. The fraction of sp³-hybridized carbons (Fsp3) is 0.346. The molecule has 0 saturated carbocycles. The van der Waals surface area contributed by atoms with Gasteiger partial charge in [-0.1, -0.05) is 59.7 Å². The molecule has 1 aromatic heterocycles. The third-order valence-corrected chi connectivity index (χ3v) is 6.82. The van der Waals surface area contributed by atoms with Crippen molar-refractivity contribution in [1.82, 2.24) is 14.8 Å². The van der Waals surface area contributed by atoms with E-state index in [0.717, 1.165) is 27.8 Å².